The number of unbranched alkanes of at least 4 members (excludes halogenated alkanes) is 54. The minimum absolute atomic E-state index is 0.0627. The van der Waals surface area contributed by atoms with Crippen LogP contribution in [0.1, 0.15) is 412 Å². The number of carbonyl (C=O) groups excluding carboxylic acids is 3. The first-order valence-corrected chi connectivity index (χ1v) is 35.7. The first-order chi connectivity index (χ1) is 38.5. The smallest absolute Gasteiger partial charge is 0.306 e. The summed E-state index contributed by atoms with van der Waals surface area (Å²) in [6.07, 6.45) is 81.0. The monoisotopic (exact) mass is 1100 g/mol. The van der Waals surface area contributed by atoms with E-state index in [4.69, 9.17) is 14.2 Å². The average molecular weight is 1100 g/mol. The number of allylic oxidation sites excluding steroid dienone is 2. The topological polar surface area (TPSA) is 78.9 Å². The van der Waals surface area contributed by atoms with Crippen molar-refractivity contribution in [1.29, 1.82) is 0 Å². The number of carbonyl (C=O) groups is 3. The van der Waals surface area contributed by atoms with E-state index in [1.165, 1.54) is 315 Å². The van der Waals surface area contributed by atoms with Gasteiger partial charge in [0, 0.05) is 19.3 Å². The van der Waals surface area contributed by atoms with Gasteiger partial charge in [0.05, 0.1) is 0 Å². The molecule has 0 aromatic rings. The quantitative estimate of drug-likeness (QED) is 0.0261. The fourth-order valence-corrected chi connectivity index (χ4v) is 11.2. The molecule has 0 saturated carbocycles. The van der Waals surface area contributed by atoms with Crippen LogP contribution in [0.15, 0.2) is 12.2 Å². The Morgan fingerprint density at radius 3 is 0.641 bits per heavy atom. The number of esters is 3. The Balaban J connectivity index is 4.18. The first-order valence-electron chi connectivity index (χ1n) is 35.7. The largest absolute Gasteiger partial charge is 0.462 e. The predicted molar refractivity (Wildman–Crippen MR) is 340 cm³/mol. The second-order valence-electron chi connectivity index (χ2n) is 24.5. The molecule has 1 unspecified atom stereocenters. The van der Waals surface area contributed by atoms with Crippen molar-refractivity contribution >= 4 is 17.9 Å². The van der Waals surface area contributed by atoms with E-state index >= 15 is 0 Å². The molecule has 0 heterocycles. The van der Waals surface area contributed by atoms with Crippen LogP contribution in [-0.4, -0.2) is 37.2 Å². The summed E-state index contributed by atoms with van der Waals surface area (Å²) in [6.45, 7) is 6.73. The molecule has 0 bridgehead atoms. The highest BCUT2D eigenvalue weighted by Crippen LogP contribution is 2.19. The Labute approximate surface area is 488 Å². The Kier molecular flexibility index (Phi) is 66.0. The fourth-order valence-electron chi connectivity index (χ4n) is 11.2. The standard InChI is InChI=1S/C72H138O6/c1-4-7-10-13-16-19-22-25-27-29-31-33-35-36-38-39-41-43-45-47-50-53-56-59-62-65-71(74)77-68-69(67-76-70(73)64-61-58-55-52-49-24-21-18-15-12-9-6-3)78-72(75)66-63-60-57-54-51-48-46-44-42-40-37-34-32-30-28-26-23-20-17-14-11-8-5-2/h29,31,69H,4-28,30,32-68H2,1-3H3/b31-29-. The molecule has 0 N–H and O–H groups in total. The third-order valence-corrected chi connectivity index (χ3v) is 16.5. The highest BCUT2D eigenvalue weighted by molar-refractivity contribution is 5.71. The van der Waals surface area contributed by atoms with Crippen LogP contribution in [0.5, 0.6) is 0 Å². The van der Waals surface area contributed by atoms with Crippen molar-refractivity contribution in [2.24, 2.45) is 0 Å². The molecule has 0 aromatic heterocycles. The zero-order chi connectivity index (χ0) is 56.4. The van der Waals surface area contributed by atoms with Crippen molar-refractivity contribution in [3.05, 3.63) is 12.2 Å². The zero-order valence-corrected chi connectivity index (χ0v) is 53.2. The summed E-state index contributed by atoms with van der Waals surface area (Å²) >= 11 is 0. The van der Waals surface area contributed by atoms with Crippen molar-refractivity contribution in [3.63, 3.8) is 0 Å². The van der Waals surface area contributed by atoms with Crippen LogP contribution >= 0.6 is 0 Å². The molecule has 6 nitrogen and oxygen atoms in total. The van der Waals surface area contributed by atoms with Crippen molar-refractivity contribution in [2.45, 2.75) is 419 Å². The van der Waals surface area contributed by atoms with Crippen LogP contribution in [0.4, 0.5) is 0 Å². The van der Waals surface area contributed by atoms with Crippen LogP contribution in [-0.2, 0) is 28.6 Å². The van der Waals surface area contributed by atoms with Crippen LogP contribution in [0, 0.1) is 0 Å². The molecule has 0 rings (SSSR count). The van der Waals surface area contributed by atoms with E-state index in [1.54, 1.807) is 0 Å². The highest BCUT2D eigenvalue weighted by Gasteiger charge is 2.19. The lowest BCUT2D eigenvalue weighted by molar-refractivity contribution is -0.167. The maximum Gasteiger partial charge on any atom is 0.306 e. The van der Waals surface area contributed by atoms with Gasteiger partial charge in [-0.2, -0.15) is 0 Å². The second-order valence-corrected chi connectivity index (χ2v) is 24.5. The Morgan fingerprint density at radius 1 is 0.244 bits per heavy atom. The van der Waals surface area contributed by atoms with Crippen molar-refractivity contribution in [2.75, 3.05) is 13.2 Å². The molecule has 462 valence electrons. The van der Waals surface area contributed by atoms with Gasteiger partial charge >= 0.3 is 17.9 Å². The van der Waals surface area contributed by atoms with E-state index in [0.717, 1.165) is 57.8 Å². The van der Waals surface area contributed by atoms with Gasteiger partial charge in [-0.1, -0.05) is 360 Å². The summed E-state index contributed by atoms with van der Waals surface area (Å²) in [6, 6.07) is 0. The molecule has 78 heavy (non-hydrogen) atoms. The fraction of sp³-hybridized carbons (Fsp3) is 0.931. The first kappa shape index (κ1) is 76.1. The lowest BCUT2D eigenvalue weighted by atomic mass is 10.0. The van der Waals surface area contributed by atoms with E-state index < -0.39 is 6.10 Å². The van der Waals surface area contributed by atoms with Crippen molar-refractivity contribution in [3.8, 4) is 0 Å². The molecule has 0 spiro atoms. The van der Waals surface area contributed by atoms with Crippen molar-refractivity contribution < 1.29 is 28.6 Å². The van der Waals surface area contributed by atoms with E-state index in [-0.39, 0.29) is 31.1 Å². The third kappa shape index (κ3) is 65.0. The molecule has 0 aliphatic carbocycles. The maximum absolute atomic E-state index is 12.9. The molecule has 1 atom stereocenters. The minimum Gasteiger partial charge on any atom is -0.462 e. The van der Waals surface area contributed by atoms with Gasteiger partial charge in [0.2, 0.25) is 0 Å². The lowest BCUT2D eigenvalue weighted by Gasteiger charge is -2.18. The van der Waals surface area contributed by atoms with Gasteiger partial charge in [0.25, 0.3) is 0 Å². The third-order valence-electron chi connectivity index (χ3n) is 16.5. The van der Waals surface area contributed by atoms with Gasteiger partial charge in [0.1, 0.15) is 13.2 Å². The van der Waals surface area contributed by atoms with E-state index in [9.17, 15) is 14.4 Å². The Bertz CT molecular complexity index is 1210. The number of hydrogen-bond acceptors (Lipinski definition) is 6. The summed E-state index contributed by atoms with van der Waals surface area (Å²) in [5.41, 5.74) is 0. The highest BCUT2D eigenvalue weighted by atomic mass is 16.6. The van der Waals surface area contributed by atoms with Gasteiger partial charge in [-0.25, -0.2) is 0 Å². The van der Waals surface area contributed by atoms with Gasteiger partial charge in [-0.15, -0.1) is 0 Å². The van der Waals surface area contributed by atoms with E-state index in [1.807, 2.05) is 0 Å². The molecule has 0 aliphatic rings. The molecule has 0 radical (unpaired) electrons. The van der Waals surface area contributed by atoms with Crippen LogP contribution in [0.25, 0.3) is 0 Å². The number of rotatable bonds is 67. The summed E-state index contributed by atoms with van der Waals surface area (Å²) in [4.78, 5) is 38.4. The van der Waals surface area contributed by atoms with Gasteiger partial charge in [-0.3, -0.25) is 14.4 Å². The minimum atomic E-state index is -0.765. The Hall–Kier alpha value is -1.85. The zero-order valence-electron chi connectivity index (χ0n) is 53.2. The second kappa shape index (κ2) is 67.7. The van der Waals surface area contributed by atoms with E-state index in [2.05, 4.69) is 32.9 Å². The Morgan fingerprint density at radius 2 is 0.423 bits per heavy atom. The molecule has 0 saturated heterocycles. The predicted octanol–water partition coefficient (Wildman–Crippen LogP) is 24.4. The number of ether oxygens (including phenoxy) is 3. The average Bonchev–Trinajstić information content (AvgIpc) is 3.44. The molecule has 0 aromatic carbocycles. The molecule has 0 amide bonds. The normalized spacial score (nSPS) is 12.0. The number of hydrogen-bond donors (Lipinski definition) is 0. The molecule has 0 fully saturated rings. The molecular weight excluding hydrogens is 961 g/mol. The summed E-state index contributed by atoms with van der Waals surface area (Å²) in [5, 5.41) is 0. The summed E-state index contributed by atoms with van der Waals surface area (Å²) in [7, 11) is 0. The lowest BCUT2D eigenvalue weighted by Crippen LogP contribution is -2.30. The van der Waals surface area contributed by atoms with Gasteiger partial charge in [0.15, 0.2) is 6.10 Å². The van der Waals surface area contributed by atoms with Crippen molar-refractivity contribution in [1.82, 2.24) is 0 Å². The van der Waals surface area contributed by atoms with Gasteiger partial charge < -0.3 is 14.2 Å². The van der Waals surface area contributed by atoms with Crippen LogP contribution in [0.2, 0.25) is 0 Å². The SMILES string of the molecule is CCCCCCCCCC/C=C\CCCCCCCCCCCCCCCC(=O)OCC(COC(=O)CCCCCCCCCCCCCC)OC(=O)CCCCCCCCCCCCCCCCCCCCCCCCC. The van der Waals surface area contributed by atoms with Crippen LogP contribution in [0.3, 0.4) is 0 Å². The summed E-state index contributed by atoms with van der Waals surface area (Å²) < 4.78 is 17.0. The summed E-state index contributed by atoms with van der Waals surface area (Å²) in [5.74, 6) is -0.827. The molecule has 0 aliphatic heterocycles. The van der Waals surface area contributed by atoms with E-state index in [0.29, 0.717) is 19.3 Å². The van der Waals surface area contributed by atoms with Crippen LogP contribution < -0.4 is 0 Å². The maximum atomic E-state index is 12.9. The molecular formula is C72H138O6. The molecule has 6 heteroatoms. The van der Waals surface area contributed by atoms with Gasteiger partial charge in [-0.05, 0) is 44.9 Å².